The van der Waals surface area contributed by atoms with Gasteiger partial charge in [0.25, 0.3) is 0 Å². The Balaban J connectivity index is 0.00000288. The van der Waals surface area contributed by atoms with Gasteiger partial charge in [-0.1, -0.05) is 25.0 Å². The Morgan fingerprint density at radius 3 is 2.92 bits per heavy atom. The summed E-state index contributed by atoms with van der Waals surface area (Å²) in [6, 6.07) is 0.0850. The van der Waals surface area contributed by atoms with Gasteiger partial charge in [0.1, 0.15) is 0 Å². The van der Waals surface area contributed by atoms with E-state index in [0.29, 0.717) is 23.8 Å². The van der Waals surface area contributed by atoms with Crippen molar-refractivity contribution in [3.63, 3.8) is 0 Å². The van der Waals surface area contributed by atoms with Crippen molar-refractivity contribution in [2.75, 3.05) is 17.7 Å². The topological polar surface area (TPSA) is 148 Å². The van der Waals surface area contributed by atoms with E-state index in [4.69, 9.17) is 10.5 Å². The fraction of sp³-hybridized carbons (Fsp3) is 0.615. The van der Waals surface area contributed by atoms with Gasteiger partial charge < -0.3 is 20.9 Å². The summed E-state index contributed by atoms with van der Waals surface area (Å²) < 4.78 is 5.63. The van der Waals surface area contributed by atoms with Gasteiger partial charge in [-0.25, -0.2) is 4.98 Å². The highest BCUT2D eigenvalue weighted by Crippen LogP contribution is 2.24. The van der Waals surface area contributed by atoms with Crippen LogP contribution in [0.1, 0.15) is 38.4 Å². The Morgan fingerprint density at radius 2 is 2.25 bits per heavy atom. The number of aromatic amines is 1. The number of nitrogens with zero attached hydrogens (tertiary/aromatic N) is 5. The summed E-state index contributed by atoms with van der Waals surface area (Å²) >= 11 is 0. The molecule has 0 aromatic carbocycles. The Labute approximate surface area is 147 Å². The lowest BCUT2D eigenvalue weighted by atomic mass is 10.1. The number of unbranched alkanes of at least 4 members (excludes halogenated alkanes) is 1. The second kappa shape index (κ2) is 10.6. The highest BCUT2D eigenvalue weighted by molar-refractivity contribution is 7.59. The van der Waals surface area contributed by atoms with Crippen LogP contribution in [-0.2, 0) is 6.61 Å². The number of nitrogens with two attached hydrogens (primary N) is 1. The smallest absolute Gasteiger partial charge is 0.222 e. The monoisotopic (exact) mass is 356 g/mol. The molecular weight excluding hydrogens is 332 g/mol. The lowest BCUT2D eigenvalue weighted by Gasteiger charge is -2.20. The first kappa shape index (κ1) is 19.9. The standard InChI is InChI=1S/C13H22N8O2.H2S/c1-2-3-4-9(5-6-22)16-12-10(7-15-13(14)17-12)23-8-11-18-20-21-19-11;/h7,9,22H,2-6,8H2,1H3,(H3,14,15,16,17)(H,18,19,20,21);1H2/t9-;/m0./s1. The van der Waals surface area contributed by atoms with Gasteiger partial charge in [-0.2, -0.15) is 23.7 Å². The van der Waals surface area contributed by atoms with Crippen LogP contribution in [0, 0.1) is 0 Å². The summed E-state index contributed by atoms with van der Waals surface area (Å²) in [4.78, 5) is 8.13. The van der Waals surface area contributed by atoms with Crippen molar-refractivity contribution < 1.29 is 9.84 Å². The van der Waals surface area contributed by atoms with Crippen molar-refractivity contribution in [1.82, 2.24) is 30.6 Å². The minimum absolute atomic E-state index is 0. The summed E-state index contributed by atoms with van der Waals surface area (Å²) in [5.41, 5.74) is 5.66. The van der Waals surface area contributed by atoms with Crippen molar-refractivity contribution in [1.29, 1.82) is 0 Å². The van der Waals surface area contributed by atoms with Crippen molar-refractivity contribution in [3.8, 4) is 5.75 Å². The zero-order valence-corrected chi connectivity index (χ0v) is 14.6. The number of nitrogen functional groups attached to an aromatic ring is 1. The molecule has 0 aliphatic carbocycles. The van der Waals surface area contributed by atoms with Crippen molar-refractivity contribution in [2.24, 2.45) is 0 Å². The maximum Gasteiger partial charge on any atom is 0.222 e. The molecule has 134 valence electrons. The molecule has 2 aromatic heterocycles. The molecule has 11 heteroatoms. The number of H-pyrrole nitrogens is 1. The molecule has 5 N–H and O–H groups in total. The number of rotatable bonds is 10. The zero-order chi connectivity index (χ0) is 16.5. The molecule has 2 aromatic rings. The summed E-state index contributed by atoms with van der Waals surface area (Å²) in [5, 5.41) is 25.9. The van der Waals surface area contributed by atoms with Gasteiger partial charge in [0.05, 0.1) is 6.20 Å². The fourth-order valence-electron chi connectivity index (χ4n) is 2.07. The summed E-state index contributed by atoms with van der Waals surface area (Å²) in [6.45, 7) is 2.36. The first-order valence-electron chi connectivity index (χ1n) is 7.58. The van der Waals surface area contributed by atoms with E-state index in [2.05, 4.69) is 42.8 Å². The number of hydrogen-bond acceptors (Lipinski definition) is 9. The van der Waals surface area contributed by atoms with Crippen LogP contribution in [-0.4, -0.2) is 48.3 Å². The number of tetrazole rings is 1. The van der Waals surface area contributed by atoms with Gasteiger partial charge in [0.15, 0.2) is 18.2 Å². The van der Waals surface area contributed by atoms with Gasteiger partial charge in [0.2, 0.25) is 11.8 Å². The number of anilines is 2. The molecular formula is C13H24N8O2S. The second-order valence-electron chi connectivity index (χ2n) is 5.05. The number of aromatic nitrogens is 6. The Hall–Kier alpha value is -2.14. The third-order valence-corrected chi connectivity index (χ3v) is 3.24. The molecule has 10 nitrogen and oxygen atoms in total. The zero-order valence-electron chi connectivity index (χ0n) is 13.6. The molecule has 0 aliphatic rings. The van der Waals surface area contributed by atoms with Crippen LogP contribution in [0.3, 0.4) is 0 Å². The van der Waals surface area contributed by atoms with Gasteiger partial charge in [-0.15, -0.1) is 10.2 Å². The number of nitrogens with one attached hydrogen (secondary N) is 2. The van der Waals surface area contributed by atoms with Crippen LogP contribution in [0.2, 0.25) is 0 Å². The molecule has 0 unspecified atom stereocenters. The van der Waals surface area contributed by atoms with Crippen LogP contribution < -0.4 is 15.8 Å². The average molecular weight is 356 g/mol. The highest BCUT2D eigenvalue weighted by Gasteiger charge is 2.14. The van der Waals surface area contributed by atoms with E-state index >= 15 is 0 Å². The van der Waals surface area contributed by atoms with E-state index in [1.165, 1.54) is 6.20 Å². The predicted molar refractivity (Wildman–Crippen MR) is 94.0 cm³/mol. The Kier molecular flexibility index (Phi) is 8.79. The molecule has 0 saturated heterocycles. The Morgan fingerprint density at radius 1 is 1.42 bits per heavy atom. The quantitative estimate of drug-likeness (QED) is 0.480. The largest absolute Gasteiger partial charge is 0.480 e. The Bertz CT molecular complexity index is 583. The fourth-order valence-corrected chi connectivity index (χ4v) is 2.07. The van der Waals surface area contributed by atoms with E-state index in [9.17, 15) is 5.11 Å². The normalized spacial score (nSPS) is 11.6. The molecule has 1 atom stereocenters. The third kappa shape index (κ3) is 6.16. The SMILES string of the molecule is CCCC[C@@H](CCO)Nc1nc(N)ncc1OCc1nn[nH]n1.S. The molecule has 24 heavy (non-hydrogen) atoms. The minimum atomic E-state index is 0. The minimum Gasteiger partial charge on any atom is -0.480 e. The van der Waals surface area contributed by atoms with Crippen molar-refractivity contribution >= 4 is 25.3 Å². The summed E-state index contributed by atoms with van der Waals surface area (Å²) in [7, 11) is 0. The summed E-state index contributed by atoms with van der Waals surface area (Å²) in [5.74, 6) is 1.52. The van der Waals surface area contributed by atoms with Gasteiger partial charge in [-0.05, 0) is 12.8 Å². The van der Waals surface area contributed by atoms with Gasteiger partial charge in [0, 0.05) is 12.6 Å². The third-order valence-electron chi connectivity index (χ3n) is 3.24. The first-order chi connectivity index (χ1) is 11.2. The maximum atomic E-state index is 9.21. The van der Waals surface area contributed by atoms with Gasteiger partial charge in [-0.3, -0.25) is 0 Å². The molecule has 0 spiro atoms. The van der Waals surface area contributed by atoms with Crippen LogP contribution in [0.4, 0.5) is 11.8 Å². The van der Waals surface area contributed by atoms with Crippen molar-refractivity contribution in [2.45, 2.75) is 45.3 Å². The molecule has 0 saturated carbocycles. The van der Waals surface area contributed by atoms with E-state index in [0.717, 1.165) is 19.3 Å². The molecule has 0 fully saturated rings. The molecule has 0 bridgehead atoms. The number of aliphatic hydroxyl groups is 1. The summed E-state index contributed by atoms with van der Waals surface area (Å²) in [6.07, 6.45) is 5.17. The molecule has 0 aliphatic heterocycles. The van der Waals surface area contributed by atoms with Gasteiger partial charge >= 0.3 is 0 Å². The number of aliphatic hydroxyl groups excluding tert-OH is 1. The predicted octanol–water partition coefficient (Wildman–Crippen LogP) is 0.617. The van der Waals surface area contributed by atoms with E-state index in [-0.39, 0.29) is 38.7 Å². The van der Waals surface area contributed by atoms with E-state index in [1.807, 2.05) is 0 Å². The highest BCUT2D eigenvalue weighted by atomic mass is 32.1. The van der Waals surface area contributed by atoms with E-state index in [1.54, 1.807) is 0 Å². The molecule has 2 heterocycles. The van der Waals surface area contributed by atoms with Crippen LogP contribution in [0.5, 0.6) is 5.75 Å². The average Bonchev–Trinajstić information content (AvgIpc) is 3.05. The molecule has 0 radical (unpaired) electrons. The number of ether oxygens (including phenoxy) is 1. The number of hydrogen-bond donors (Lipinski definition) is 4. The van der Waals surface area contributed by atoms with Crippen LogP contribution in [0.15, 0.2) is 6.20 Å². The molecule has 2 rings (SSSR count). The van der Waals surface area contributed by atoms with Crippen molar-refractivity contribution in [3.05, 3.63) is 12.0 Å². The second-order valence-corrected chi connectivity index (χ2v) is 5.05. The first-order valence-corrected chi connectivity index (χ1v) is 7.58. The maximum absolute atomic E-state index is 9.21. The van der Waals surface area contributed by atoms with Crippen LogP contribution >= 0.6 is 13.5 Å². The lowest BCUT2D eigenvalue weighted by Crippen LogP contribution is -2.22. The molecule has 0 amide bonds. The van der Waals surface area contributed by atoms with Crippen LogP contribution in [0.25, 0.3) is 0 Å². The van der Waals surface area contributed by atoms with E-state index < -0.39 is 0 Å². The lowest BCUT2D eigenvalue weighted by molar-refractivity contribution is 0.274.